The highest BCUT2D eigenvalue weighted by atomic mass is 35.5. The number of rotatable bonds is 3. The molecule has 1 heterocycles. The van der Waals surface area contributed by atoms with Crippen LogP contribution in [-0.2, 0) is 9.59 Å². The molecule has 168 valence electrons. The van der Waals surface area contributed by atoms with Gasteiger partial charge in [0, 0.05) is 16.8 Å². The fourth-order valence-corrected chi connectivity index (χ4v) is 4.35. The maximum atomic E-state index is 13.0. The molecule has 2 amide bonds. The minimum absolute atomic E-state index is 0.241. The monoisotopic (exact) mass is 486 g/mol. The van der Waals surface area contributed by atoms with E-state index < -0.39 is 0 Å². The van der Waals surface area contributed by atoms with Gasteiger partial charge in [-0.1, -0.05) is 54.1 Å². The minimum atomic E-state index is -0.334. The van der Waals surface area contributed by atoms with Gasteiger partial charge in [0.1, 0.15) is 6.42 Å². The van der Waals surface area contributed by atoms with Gasteiger partial charge < -0.3 is 16.0 Å². The maximum Gasteiger partial charge on any atom is 0.241 e. The quantitative estimate of drug-likeness (QED) is 0.234. The number of amides is 2. The predicted octanol–water partition coefficient (Wildman–Crippen LogP) is 6.31. The second-order valence-corrected chi connectivity index (χ2v) is 8.56. The highest BCUT2D eigenvalue weighted by Gasteiger charge is 2.28. The molecule has 3 N–H and O–H groups in total. The molecule has 0 fully saturated rings. The summed E-state index contributed by atoms with van der Waals surface area (Å²) < 4.78 is 0. The van der Waals surface area contributed by atoms with Crippen LogP contribution in [0.4, 0.5) is 28.4 Å². The van der Waals surface area contributed by atoms with Gasteiger partial charge in [-0.15, -0.1) is 0 Å². The Bertz CT molecular complexity index is 1440. The number of nitrogens with one attached hydrogen (secondary N) is 3. The van der Waals surface area contributed by atoms with E-state index in [1.807, 2.05) is 78.9 Å². The van der Waals surface area contributed by atoms with Crippen LogP contribution >= 0.6 is 23.8 Å². The number of thiocarbonyl (C=S) groups is 1. The Labute approximate surface area is 206 Å². The van der Waals surface area contributed by atoms with Crippen LogP contribution in [0.3, 0.4) is 0 Å². The van der Waals surface area contributed by atoms with E-state index in [-0.39, 0.29) is 18.2 Å². The zero-order valence-electron chi connectivity index (χ0n) is 17.8. The smallest absolute Gasteiger partial charge is 0.241 e. The summed E-state index contributed by atoms with van der Waals surface area (Å²) in [6, 6.07) is 26.1. The lowest BCUT2D eigenvalue weighted by Gasteiger charge is -2.23. The van der Waals surface area contributed by atoms with Crippen LogP contribution in [-0.4, -0.2) is 16.9 Å². The molecule has 0 unspecified atom stereocenters. The van der Waals surface area contributed by atoms with E-state index in [0.717, 1.165) is 16.5 Å². The maximum absolute atomic E-state index is 13.0. The lowest BCUT2D eigenvalue weighted by Crippen LogP contribution is -2.26. The van der Waals surface area contributed by atoms with Crippen LogP contribution < -0.4 is 20.9 Å². The molecule has 0 radical (unpaired) electrons. The van der Waals surface area contributed by atoms with E-state index in [9.17, 15) is 9.59 Å². The van der Waals surface area contributed by atoms with Crippen molar-refractivity contribution in [2.45, 2.75) is 6.42 Å². The highest BCUT2D eigenvalue weighted by molar-refractivity contribution is 7.80. The molecular formula is C26H19ClN4O2S. The van der Waals surface area contributed by atoms with E-state index in [0.29, 0.717) is 32.9 Å². The third-order valence-corrected chi connectivity index (χ3v) is 6.01. The van der Waals surface area contributed by atoms with Crippen molar-refractivity contribution in [2.75, 3.05) is 20.9 Å². The van der Waals surface area contributed by atoms with Gasteiger partial charge in [0.25, 0.3) is 0 Å². The topological polar surface area (TPSA) is 73.5 Å². The normalized spacial score (nSPS) is 13.1. The summed E-state index contributed by atoms with van der Waals surface area (Å²) in [6.07, 6.45) is -0.241. The van der Waals surface area contributed by atoms with Gasteiger partial charge in [0.15, 0.2) is 5.11 Å². The van der Waals surface area contributed by atoms with E-state index in [1.54, 1.807) is 11.0 Å². The van der Waals surface area contributed by atoms with Crippen LogP contribution in [0.1, 0.15) is 6.42 Å². The van der Waals surface area contributed by atoms with Crippen LogP contribution in [0.5, 0.6) is 0 Å². The molecule has 0 bridgehead atoms. The van der Waals surface area contributed by atoms with Crippen molar-refractivity contribution >= 4 is 80.0 Å². The molecular weight excluding hydrogens is 468 g/mol. The second kappa shape index (κ2) is 9.13. The lowest BCUT2D eigenvalue weighted by molar-refractivity contribution is -0.124. The fourth-order valence-electron chi connectivity index (χ4n) is 3.94. The number of benzene rings is 4. The largest absolute Gasteiger partial charge is 0.332 e. The average Bonchev–Trinajstić information content (AvgIpc) is 2.95. The second-order valence-electron chi connectivity index (χ2n) is 7.74. The van der Waals surface area contributed by atoms with Crippen molar-refractivity contribution in [3.8, 4) is 0 Å². The molecule has 0 aliphatic carbocycles. The standard InChI is InChI=1S/C26H19ClN4O2S/c27-20-7-3-4-8-21(20)29-26(34)28-17-10-12-18(13-11-17)31-22-14-9-16-5-1-2-6-19(16)25(22)30-23(32)15-24(31)33/h1-14H,15H2,(H,30,32)(H2,28,29,34). The van der Waals surface area contributed by atoms with Crippen LogP contribution in [0, 0.1) is 0 Å². The van der Waals surface area contributed by atoms with E-state index in [4.69, 9.17) is 23.8 Å². The first kappa shape index (κ1) is 21.9. The molecule has 1 aliphatic heterocycles. The Hall–Kier alpha value is -3.94. The molecule has 6 nitrogen and oxygen atoms in total. The zero-order valence-corrected chi connectivity index (χ0v) is 19.4. The summed E-state index contributed by atoms with van der Waals surface area (Å²) in [5.74, 6) is -0.637. The summed E-state index contributed by atoms with van der Waals surface area (Å²) in [6.45, 7) is 0. The van der Waals surface area contributed by atoms with Crippen molar-refractivity contribution in [3.05, 3.63) is 90.0 Å². The fraction of sp³-hybridized carbons (Fsp3) is 0.0385. The third-order valence-electron chi connectivity index (χ3n) is 5.48. The number of carbonyl (C=O) groups excluding carboxylic acids is 2. The van der Waals surface area contributed by atoms with Gasteiger partial charge in [0.05, 0.1) is 22.1 Å². The minimum Gasteiger partial charge on any atom is -0.332 e. The molecule has 4 aromatic rings. The van der Waals surface area contributed by atoms with E-state index in [2.05, 4.69) is 16.0 Å². The first-order chi connectivity index (χ1) is 16.5. The van der Waals surface area contributed by atoms with Crippen molar-refractivity contribution in [3.63, 3.8) is 0 Å². The van der Waals surface area contributed by atoms with E-state index >= 15 is 0 Å². The average molecular weight is 487 g/mol. The molecule has 0 aromatic heterocycles. The molecule has 34 heavy (non-hydrogen) atoms. The molecule has 8 heteroatoms. The zero-order chi connectivity index (χ0) is 23.7. The number of hydrogen-bond donors (Lipinski definition) is 3. The predicted molar refractivity (Wildman–Crippen MR) is 142 cm³/mol. The number of fused-ring (bicyclic) bond motifs is 3. The molecule has 0 atom stereocenters. The number of hydrogen-bond acceptors (Lipinski definition) is 3. The number of halogens is 1. The van der Waals surface area contributed by atoms with Gasteiger partial charge >= 0.3 is 0 Å². The Balaban J connectivity index is 1.43. The van der Waals surface area contributed by atoms with Crippen LogP contribution in [0.15, 0.2) is 84.9 Å². The molecule has 1 aliphatic rings. The first-order valence-corrected chi connectivity index (χ1v) is 11.4. The van der Waals surface area contributed by atoms with E-state index in [1.165, 1.54) is 0 Å². The summed E-state index contributed by atoms with van der Waals surface area (Å²) in [4.78, 5) is 27.0. The van der Waals surface area contributed by atoms with Gasteiger partial charge in [-0.3, -0.25) is 14.5 Å². The number of para-hydroxylation sites is 1. The summed E-state index contributed by atoms with van der Waals surface area (Å²) in [5.41, 5.74) is 3.35. The SMILES string of the molecule is O=C1CC(=O)N(c2ccc(NC(=S)Nc3ccccc3Cl)cc2)c2ccc3ccccc3c2N1. The summed E-state index contributed by atoms with van der Waals surface area (Å²) in [5, 5.41) is 11.9. The van der Waals surface area contributed by atoms with Gasteiger partial charge in [0.2, 0.25) is 11.8 Å². The number of carbonyl (C=O) groups is 2. The van der Waals surface area contributed by atoms with Crippen molar-refractivity contribution in [2.24, 2.45) is 0 Å². The Kier molecular flexibility index (Phi) is 5.88. The van der Waals surface area contributed by atoms with Crippen molar-refractivity contribution < 1.29 is 9.59 Å². The van der Waals surface area contributed by atoms with Crippen molar-refractivity contribution in [1.82, 2.24) is 0 Å². The number of anilines is 5. The van der Waals surface area contributed by atoms with Gasteiger partial charge in [-0.25, -0.2) is 0 Å². The Morgan fingerprint density at radius 3 is 2.41 bits per heavy atom. The van der Waals surface area contributed by atoms with Crippen LogP contribution in [0.25, 0.3) is 10.8 Å². The van der Waals surface area contributed by atoms with Gasteiger partial charge in [-0.05, 0) is 60.1 Å². The molecule has 4 aromatic carbocycles. The molecule has 0 saturated heterocycles. The number of nitrogens with zero attached hydrogens (tertiary/aromatic N) is 1. The summed E-state index contributed by atoms with van der Waals surface area (Å²) in [7, 11) is 0. The third kappa shape index (κ3) is 4.31. The van der Waals surface area contributed by atoms with Gasteiger partial charge in [-0.2, -0.15) is 0 Å². The van der Waals surface area contributed by atoms with Crippen LogP contribution in [0.2, 0.25) is 5.02 Å². The first-order valence-electron chi connectivity index (χ1n) is 10.6. The summed E-state index contributed by atoms with van der Waals surface area (Å²) >= 11 is 11.6. The Morgan fingerprint density at radius 2 is 1.62 bits per heavy atom. The Morgan fingerprint density at radius 1 is 0.882 bits per heavy atom. The highest BCUT2D eigenvalue weighted by Crippen LogP contribution is 2.40. The lowest BCUT2D eigenvalue weighted by atomic mass is 10.1. The molecule has 0 spiro atoms. The molecule has 5 rings (SSSR count). The van der Waals surface area contributed by atoms with Crippen molar-refractivity contribution in [1.29, 1.82) is 0 Å². The molecule has 0 saturated carbocycles.